The molecule has 0 saturated carbocycles. The SMILES string of the molecule is Cc1ccccc1CN(C(=O)CN(c1cc([N+](=O)[O-])ccc1C)S(C)(=O)=O)[C@H](C)C(=O)NC(C)C. The summed E-state index contributed by atoms with van der Waals surface area (Å²) in [5.74, 6) is -0.990. The lowest BCUT2D eigenvalue weighted by atomic mass is 10.1. The fraction of sp³-hybridized carbons (Fsp3) is 0.417. The molecule has 2 aromatic carbocycles. The van der Waals surface area contributed by atoms with Gasteiger partial charge in [-0.3, -0.25) is 24.0 Å². The number of nitrogens with zero attached hydrogens (tertiary/aromatic N) is 3. The Morgan fingerprint density at radius 3 is 2.23 bits per heavy atom. The van der Waals surface area contributed by atoms with Crippen LogP contribution in [-0.4, -0.2) is 54.9 Å². The van der Waals surface area contributed by atoms with Gasteiger partial charge in [0.15, 0.2) is 0 Å². The predicted octanol–water partition coefficient (Wildman–Crippen LogP) is 2.92. The van der Waals surface area contributed by atoms with E-state index in [1.165, 1.54) is 17.0 Å². The summed E-state index contributed by atoms with van der Waals surface area (Å²) in [5, 5.41) is 14.1. The third-order valence-electron chi connectivity index (χ3n) is 5.55. The molecule has 0 fully saturated rings. The number of hydrogen-bond donors (Lipinski definition) is 1. The summed E-state index contributed by atoms with van der Waals surface area (Å²) in [6.45, 7) is 8.13. The van der Waals surface area contributed by atoms with Crippen LogP contribution in [-0.2, 0) is 26.2 Å². The van der Waals surface area contributed by atoms with E-state index in [9.17, 15) is 28.1 Å². The number of benzene rings is 2. The molecule has 0 radical (unpaired) electrons. The normalized spacial score (nSPS) is 12.2. The van der Waals surface area contributed by atoms with Crippen molar-refractivity contribution >= 4 is 33.2 Å². The van der Waals surface area contributed by atoms with Crippen LogP contribution in [0.5, 0.6) is 0 Å². The average molecular weight is 505 g/mol. The van der Waals surface area contributed by atoms with Gasteiger partial charge < -0.3 is 10.2 Å². The van der Waals surface area contributed by atoms with Crippen molar-refractivity contribution in [3.63, 3.8) is 0 Å². The summed E-state index contributed by atoms with van der Waals surface area (Å²) in [6, 6.07) is 10.2. The van der Waals surface area contributed by atoms with E-state index in [1.807, 2.05) is 31.2 Å². The minimum atomic E-state index is -3.99. The minimum Gasteiger partial charge on any atom is -0.352 e. The number of carbonyl (C=O) groups is 2. The molecule has 10 nitrogen and oxygen atoms in total. The number of sulfonamides is 1. The molecule has 2 rings (SSSR count). The van der Waals surface area contributed by atoms with Gasteiger partial charge in [0.05, 0.1) is 16.9 Å². The lowest BCUT2D eigenvalue weighted by Crippen LogP contribution is -2.52. The van der Waals surface area contributed by atoms with E-state index >= 15 is 0 Å². The summed E-state index contributed by atoms with van der Waals surface area (Å²) in [6.07, 6.45) is 0.930. The Morgan fingerprint density at radius 1 is 1.06 bits per heavy atom. The van der Waals surface area contributed by atoms with E-state index in [0.29, 0.717) is 5.56 Å². The first-order chi connectivity index (χ1) is 16.2. The van der Waals surface area contributed by atoms with E-state index in [2.05, 4.69) is 5.32 Å². The molecule has 0 heterocycles. The van der Waals surface area contributed by atoms with E-state index in [0.717, 1.165) is 27.8 Å². The number of nitro groups is 1. The van der Waals surface area contributed by atoms with Gasteiger partial charge in [0.2, 0.25) is 21.8 Å². The maximum Gasteiger partial charge on any atom is 0.271 e. The molecule has 0 aliphatic carbocycles. The molecule has 35 heavy (non-hydrogen) atoms. The number of anilines is 1. The van der Waals surface area contributed by atoms with Crippen molar-refractivity contribution in [2.75, 3.05) is 17.1 Å². The molecule has 0 spiro atoms. The van der Waals surface area contributed by atoms with Gasteiger partial charge in [0, 0.05) is 24.7 Å². The third kappa shape index (κ3) is 7.25. The van der Waals surface area contributed by atoms with Gasteiger partial charge in [-0.1, -0.05) is 30.3 Å². The van der Waals surface area contributed by atoms with Crippen molar-refractivity contribution in [2.45, 2.75) is 53.2 Å². The maximum atomic E-state index is 13.6. The van der Waals surface area contributed by atoms with Crippen molar-refractivity contribution in [1.82, 2.24) is 10.2 Å². The first-order valence-electron chi connectivity index (χ1n) is 11.1. The van der Waals surface area contributed by atoms with Crippen LogP contribution < -0.4 is 9.62 Å². The molecule has 0 aliphatic heterocycles. The van der Waals surface area contributed by atoms with Gasteiger partial charge in [0.1, 0.15) is 12.6 Å². The zero-order valence-electron chi connectivity index (χ0n) is 20.8. The van der Waals surface area contributed by atoms with Crippen LogP contribution in [0.3, 0.4) is 0 Å². The topological polar surface area (TPSA) is 130 Å². The first kappa shape index (κ1) is 27.8. The Hall–Kier alpha value is -3.47. The van der Waals surface area contributed by atoms with E-state index < -0.39 is 33.4 Å². The number of aryl methyl sites for hydroxylation is 2. The van der Waals surface area contributed by atoms with Crippen LogP contribution in [0.25, 0.3) is 0 Å². The monoisotopic (exact) mass is 504 g/mol. The van der Waals surface area contributed by atoms with Crippen LogP contribution in [0.2, 0.25) is 0 Å². The lowest BCUT2D eigenvalue weighted by molar-refractivity contribution is -0.384. The largest absolute Gasteiger partial charge is 0.352 e. The second kappa shape index (κ2) is 11.3. The van der Waals surface area contributed by atoms with Crippen LogP contribution in [0, 0.1) is 24.0 Å². The van der Waals surface area contributed by atoms with Gasteiger partial charge in [0.25, 0.3) is 5.69 Å². The first-order valence-corrected chi connectivity index (χ1v) is 12.9. The molecule has 2 amide bonds. The standard InChI is InChI=1S/C24H32N4O6S/c1-16(2)25-24(30)19(5)26(14-20-10-8-7-9-17(20)3)23(29)15-27(35(6,33)34)22-13-21(28(31)32)12-11-18(22)4/h7-13,16,19H,14-15H2,1-6H3,(H,25,30)/t19-/m1/s1. The molecule has 190 valence electrons. The van der Waals surface area contributed by atoms with Crippen LogP contribution >= 0.6 is 0 Å². The van der Waals surface area contributed by atoms with Crippen molar-refractivity contribution in [3.05, 3.63) is 69.3 Å². The Balaban J connectivity index is 2.50. The molecule has 1 atom stereocenters. The highest BCUT2D eigenvalue weighted by Crippen LogP contribution is 2.28. The molecule has 0 unspecified atom stereocenters. The number of hydrogen-bond acceptors (Lipinski definition) is 6. The number of non-ortho nitro benzene ring substituents is 1. The molecule has 0 aromatic heterocycles. The van der Waals surface area contributed by atoms with Gasteiger partial charge >= 0.3 is 0 Å². The summed E-state index contributed by atoms with van der Waals surface area (Å²) in [4.78, 5) is 38.3. The molecule has 0 bridgehead atoms. The van der Waals surface area contributed by atoms with Gasteiger partial charge in [-0.15, -0.1) is 0 Å². The highest BCUT2D eigenvalue weighted by molar-refractivity contribution is 7.92. The zero-order valence-corrected chi connectivity index (χ0v) is 21.6. The quantitative estimate of drug-likeness (QED) is 0.391. The van der Waals surface area contributed by atoms with Crippen molar-refractivity contribution < 1.29 is 22.9 Å². The van der Waals surface area contributed by atoms with E-state index in [4.69, 9.17) is 0 Å². The molecular weight excluding hydrogens is 472 g/mol. The number of amides is 2. The van der Waals surface area contributed by atoms with Gasteiger partial charge in [-0.2, -0.15) is 0 Å². The molecule has 0 saturated heterocycles. The van der Waals surface area contributed by atoms with Crippen molar-refractivity contribution in [3.8, 4) is 0 Å². The average Bonchev–Trinajstić information content (AvgIpc) is 2.75. The second-order valence-corrected chi connectivity index (χ2v) is 10.7. The van der Waals surface area contributed by atoms with Gasteiger partial charge in [-0.25, -0.2) is 8.42 Å². The highest BCUT2D eigenvalue weighted by atomic mass is 32.2. The Kier molecular flexibility index (Phi) is 8.97. The lowest BCUT2D eigenvalue weighted by Gasteiger charge is -2.32. The van der Waals surface area contributed by atoms with E-state index in [1.54, 1.807) is 27.7 Å². The number of rotatable bonds is 10. The summed E-state index contributed by atoms with van der Waals surface area (Å²) >= 11 is 0. The predicted molar refractivity (Wildman–Crippen MR) is 134 cm³/mol. The number of nitrogens with one attached hydrogen (secondary N) is 1. The van der Waals surface area contributed by atoms with Crippen LogP contribution in [0.4, 0.5) is 11.4 Å². The van der Waals surface area contributed by atoms with Gasteiger partial charge in [-0.05, 0) is 51.3 Å². The second-order valence-electron chi connectivity index (χ2n) is 8.78. The summed E-state index contributed by atoms with van der Waals surface area (Å²) in [7, 11) is -3.99. The molecule has 0 aliphatic rings. The Bertz CT molecular complexity index is 1210. The fourth-order valence-corrected chi connectivity index (χ4v) is 4.43. The molecule has 11 heteroatoms. The van der Waals surface area contributed by atoms with Crippen LogP contribution in [0.15, 0.2) is 42.5 Å². The highest BCUT2D eigenvalue weighted by Gasteiger charge is 2.31. The van der Waals surface area contributed by atoms with Crippen molar-refractivity contribution in [2.24, 2.45) is 0 Å². The molecule has 1 N–H and O–H groups in total. The Labute approximate surface area is 206 Å². The number of nitro benzene ring substituents is 1. The fourth-order valence-electron chi connectivity index (χ4n) is 3.53. The Morgan fingerprint density at radius 2 is 1.69 bits per heavy atom. The molecule has 2 aromatic rings. The van der Waals surface area contributed by atoms with Crippen LogP contribution in [0.1, 0.15) is 37.5 Å². The smallest absolute Gasteiger partial charge is 0.271 e. The summed E-state index contributed by atoms with van der Waals surface area (Å²) in [5.41, 5.74) is 1.90. The summed E-state index contributed by atoms with van der Waals surface area (Å²) < 4.78 is 26.2. The zero-order chi connectivity index (χ0) is 26.5. The molecular formula is C24H32N4O6S. The minimum absolute atomic E-state index is 0.0326. The van der Waals surface area contributed by atoms with E-state index in [-0.39, 0.29) is 29.9 Å². The van der Waals surface area contributed by atoms with Crippen molar-refractivity contribution in [1.29, 1.82) is 0 Å². The maximum absolute atomic E-state index is 13.6. The number of carbonyl (C=O) groups excluding carboxylic acids is 2. The third-order valence-corrected chi connectivity index (χ3v) is 6.68.